The summed E-state index contributed by atoms with van der Waals surface area (Å²) in [4.78, 5) is 15.2. The number of carbonyl (C=O) groups excluding carboxylic acids is 1. The number of hydrogen-bond acceptors (Lipinski definition) is 3. The Morgan fingerprint density at radius 3 is 2.46 bits per heavy atom. The van der Waals surface area contributed by atoms with Crippen LogP contribution in [-0.4, -0.2) is 21.7 Å². The van der Waals surface area contributed by atoms with Gasteiger partial charge < -0.3 is 0 Å². The van der Waals surface area contributed by atoms with E-state index < -0.39 is 0 Å². The summed E-state index contributed by atoms with van der Waals surface area (Å²) in [7, 11) is 0. The average Bonchev–Trinajstić information content (AvgIpc) is 2.94. The third kappa shape index (κ3) is 3.57. The normalized spacial score (nSPS) is 16.0. The van der Waals surface area contributed by atoms with E-state index in [9.17, 15) is 4.79 Å². The molecule has 0 saturated carbocycles. The van der Waals surface area contributed by atoms with Gasteiger partial charge in [0.2, 0.25) is 0 Å². The third-order valence-electron chi connectivity index (χ3n) is 4.41. The minimum Gasteiger partial charge on any atom is -0.293 e. The van der Waals surface area contributed by atoms with Gasteiger partial charge in [0.15, 0.2) is 0 Å². The van der Waals surface area contributed by atoms with Gasteiger partial charge in [-0.2, -0.15) is 0 Å². The minimum atomic E-state index is 0.00379. The summed E-state index contributed by atoms with van der Waals surface area (Å²) in [6, 6.07) is 24.6. The molecule has 3 aromatic carbocycles. The SMILES string of the molecule is O=C1/C(=C\c2ccc3ccccc3c2)SC(=S)N1CCc1ccccc1. The molecule has 1 fully saturated rings. The lowest BCUT2D eigenvalue weighted by Gasteiger charge is -2.14. The van der Waals surface area contributed by atoms with Gasteiger partial charge in [-0.25, -0.2) is 0 Å². The summed E-state index contributed by atoms with van der Waals surface area (Å²) in [6.45, 7) is 0.615. The van der Waals surface area contributed by atoms with Gasteiger partial charge in [0, 0.05) is 6.54 Å². The molecule has 0 spiro atoms. The van der Waals surface area contributed by atoms with Gasteiger partial charge in [0.05, 0.1) is 4.91 Å². The molecule has 1 aliphatic heterocycles. The van der Waals surface area contributed by atoms with Crippen LogP contribution in [0.3, 0.4) is 0 Å². The Morgan fingerprint density at radius 1 is 0.923 bits per heavy atom. The maximum absolute atomic E-state index is 12.8. The molecule has 1 heterocycles. The largest absolute Gasteiger partial charge is 0.293 e. The summed E-state index contributed by atoms with van der Waals surface area (Å²) in [5, 5.41) is 2.36. The fourth-order valence-corrected chi connectivity index (χ4v) is 4.34. The van der Waals surface area contributed by atoms with E-state index in [4.69, 9.17) is 12.2 Å². The number of thiocarbonyl (C=S) groups is 1. The van der Waals surface area contributed by atoms with Crippen LogP contribution in [0.25, 0.3) is 16.8 Å². The smallest absolute Gasteiger partial charge is 0.266 e. The van der Waals surface area contributed by atoms with E-state index in [1.54, 1.807) is 4.90 Å². The Bertz CT molecular complexity index is 1010. The number of benzene rings is 3. The molecular formula is C22H17NOS2. The van der Waals surface area contributed by atoms with E-state index in [1.807, 2.05) is 42.5 Å². The zero-order chi connectivity index (χ0) is 17.9. The van der Waals surface area contributed by atoms with Crippen molar-refractivity contribution < 1.29 is 4.79 Å². The lowest BCUT2D eigenvalue weighted by molar-refractivity contribution is -0.122. The van der Waals surface area contributed by atoms with Gasteiger partial charge in [0.1, 0.15) is 4.32 Å². The van der Waals surface area contributed by atoms with Crippen LogP contribution in [0.15, 0.2) is 77.7 Å². The maximum Gasteiger partial charge on any atom is 0.266 e. The molecule has 3 aromatic rings. The summed E-state index contributed by atoms with van der Waals surface area (Å²) in [6.07, 6.45) is 2.74. The Hall–Kier alpha value is -2.43. The number of carbonyl (C=O) groups is 1. The number of amides is 1. The van der Waals surface area contributed by atoms with Crippen molar-refractivity contribution in [3.8, 4) is 0 Å². The predicted octanol–water partition coefficient (Wildman–Crippen LogP) is 5.28. The van der Waals surface area contributed by atoms with Crippen molar-refractivity contribution in [3.05, 3.63) is 88.8 Å². The molecule has 0 unspecified atom stereocenters. The molecule has 1 saturated heterocycles. The molecule has 0 atom stereocenters. The molecule has 0 radical (unpaired) electrons. The van der Waals surface area contributed by atoms with Crippen molar-refractivity contribution in [3.63, 3.8) is 0 Å². The Kier molecular flexibility index (Phi) is 4.87. The molecule has 128 valence electrons. The van der Waals surface area contributed by atoms with E-state index in [0.29, 0.717) is 15.8 Å². The first-order valence-electron chi connectivity index (χ1n) is 8.49. The van der Waals surface area contributed by atoms with Crippen LogP contribution in [0.2, 0.25) is 0 Å². The van der Waals surface area contributed by atoms with E-state index in [1.165, 1.54) is 28.1 Å². The van der Waals surface area contributed by atoms with Crippen molar-refractivity contribution in [1.82, 2.24) is 4.90 Å². The second kappa shape index (κ2) is 7.44. The monoisotopic (exact) mass is 375 g/mol. The van der Waals surface area contributed by atoms with E-state index in [-0.39, 0.29) is 5.91 Å². The highest BCUT2D eigenvalue weighted by atomic mass is 32.2. The lowest BCUT2D eigenvalue weighted by Crippen LogP contribution is -2.30. The summed E-state index contributed by atoms with van der Waals surface area (Å²) < 4.78 is 0.637. The fraction of sp³-hybridized carbons (Fsp3) is 0.0909. The van der Waals surface area contributed by atoms with Crippen LogP contribution < -0.4 is 0 Å². The molecule has 2 nitrogen and oxygen atoms in total. The highest BCUT2D eigenvalue weighted by Gasteiger charge is 2.31. The number of fused-ring (bicyclic) bond motifs is 1. The van der Waals surface area contributed by atoms with Crippen LogP contribution in [0.4, 0.5) is 0 Å². The molecular weight excluding hydrogens is 358 g/mol. The molecule has 1 aliphatic rings. The fourth-order valence-electron chi connectivity index (χ4n) is 3.03. The van der Waals surface area contributed by atoms with Gasteiger partial charge in [-0.05, 0) is 40.5 Å². The van der Waals surface area contributed by atoms with Crippen LogP contribution >= 0.6 is 24.0 Å². The zero-order valence-corrected chi connectivity index (χ0v) is 15.7. The number of thioether (sulfide) groups is 1. The van der Waals surface area contributed by atoms with Crippen LogP contribution in [0.1, 0.15) is 11.1 Å². The predicted molar refractivity (Wildman–Crippen MR) is 114 cm³/mol. The van der Waals surface area contributed by atoms with Gasteiger partial charge in [-0.1, -0.05) is 90.7 Å². The second-order valence-electron chi connectivity index (χ2n) is 6.18. The molecule has 0 aromatic heterocycles. The molecule has 4 rings (SSSR count). The van der Waals surface area contributed by atoms with Crippen LogP contribution in [0, 0.1) is 0 Å². The van der Waals surface area contributed by atoms with Gasteiger partial charge in [0.25, 0.3) is 5.91 Å². The van der Waals surface area contributed by atoms with Gasteiger partial charge in [-0.3, -0.25) is 9.69 Å². The van der Waals surface area contributed by atoms with Crippen LogP contribution in [0.5, 0.6) is 0 Å². The van der Waals surface area contributed by atoms with Crippen molar-refractivity contribution in [2.75, 3.05) is 6.54 Å². The second-order valence-corrected chi connectivity index (χ2v) is 7.85. The lowest BCUT2D eigenvalue weighted by atomic mass is 10.1. The topological polar surface area (TPSA) is 20.3 Å². The molecule has 0 aliphatic carbocycles. The van der Waals surface area contributed by atoms with E-state index >= 15 is 0 Å². The molecule has 26 heavy (non-hydrogen) atoms. The Morgan fingerprint density at radius 2 is 1.65 bits per heavy atom. The molecule has 0 N–H and O–H groups in total. The highest BCUT2D eigenvalue weighted by molar-refractivity contribution is 8.26. The zero-order valence-electron chi connectivity index (χ0n) is 14.1. The van der Waals surface area contributed by atoms with Crippen molar-refractivity contribution in [1.29, 1.82) is 0 Å². The maximum atomic E-state index is 12.8. The number of hydrogen-bond donors (Lipinski definition) is 0. The highest BCUT2D eigenvalue weighted by Crippen LogP contribution is 2.33. The Balaban J connectivity index is 1.52. The number of nitrogens with zero attached hydrogens (tertiary/aromatic N) is 1. The number of rotatable bonds is 4. The van der Waals surface area contributed by atoms with Crippen LogP contribution in [-0.2, 0) is 11.2 Å². The summed E-state index contributed by atoms with van der Waals surface area (Å²) >= 11 is 6.82. The van der Waals surface area contributed by atoms with Crippen molar-refractivity contribution >= 4 is 51.1 Å². The summed E-state index contributed by atoms with van der Waals surface area (Å²) in [5.41, 5.74) is 2.23. The van der Waals surface area contributed by atoms with E-state index in [2.05, 4.69) is 36.4 Å². The first kappa shape index (κ1) is 17.0. The third-order valence-corrected chi connectivity index (χ3v) is 5.79. The average molecular weight is 376 g/mol. The Labute approximate surface area is 162 Å². The van der Waals surface area contributed by atoms with Gasteiger partial charge in [-0.15, -0.1) is 0 Å². The quantitative estimate of drug-likeness (QED) is 0.457. The first-order valence-corrected chi connectivity index (χ1v) is 9.71. The molecule has 1 amide bonds. The summed E-state index contributed by atoms with van der Waals surface area (Å²) in [5.74, 6) is 0.00379. The van der Waals surface area contributed by atoms with Crippen molar-refractivity contribution in [2.45, 2.75) is 6.42 Å². The molecule has 0 bridgehead atoms. The standard InChI is InChI=1S/C22H17NOS2/c24-21-20(15-17-10-11-18-8-4-5-9-19(18)14-17)26-22(25)23(21)13-12-16-6-2-1-3-7-16/h1-11,14-15H,12-13H2/b20-15+. The minimum absolute atomic E-state index is 0.00379. The molecule has 4 heteroatoms. The van der Waals surface area contributed by atoms with Crippen molar-refractivity contribution in [2.24, 2.45) is 0 Å². The van der Waals surface area contributed by atoms with Gasteiger partial charge >= 0.3 is 0 Å². The first-order chi connectivity index (χ1) is 12.7. The van der Waals surface area contributed by atoms with E-state index in [0.717, 1.165) is 12.0 Å².